The molecule has 4 nitrogen and oxygen atoms in total. The van der Waals surface area contributed by atoms with Gasteiger partial charge in [0.2, 0.25) is 0 Å². The number of carboxylic acids is 1. The molecule has 0 saturated heterocycles. The predicted molar refractivity (Wildman–Crippen MR) is 64.8 cm³/mol. The number of aliphatic carboxylic acids is 1. The van der Waals surface area contributed by atoms with E-state index in [-0.39, 0.29) is 17.2 Å². The second-order valence-electron chi connectivity index (χ2n) is 4.84. The van der Waals surface area contributed by atoms with Gasteiger partial charge in [0, 0.05) is 18.4 Å². The molecule has 0 fully saturated rings. The number of hydrogen-bond acceptors (Lipinski definition) is 3. The fourth-order valence-corrected chi connectivity index (χ4v) is 2.01. The Morgan fingerprint density at radius 1 is 1.62 bits per heavy atom. The van der Waals surface area contributed by atoms with Crippen LogP contribution in [0.3, 0.4) is 0 Å². The molecule has 1 N–H and O–H groups in total. The van der Waals surface area contributed by atoms with Gasteiger partial charge >= 0.3 is 5.97 Å². The maximum atomic E-state index is 10.5. The first-order valence-corrected chi connectivity index (χ1v) is 6.18. The van der Waals surface area contributed by atoms with Crippen LogP contribution in [0.5, 0.6) is 0 Å². The first-order valence-electron chi connectivity index (χ1n) is 5.20. The average Bonchev–Trinajstić information content (AvgIpc) is 2.59. The number of carboxylic acid groups (broad SMARTS) is 1. The summed E-state index contributed by atoms with van der Waals surface area (Å²) in [5, 5.41) is 9.41. The molecule has 0 spiro atoms. The number of rotatable bonds is 4. The first kappa shape index (κ1) is 13.1. The van der Waals surface area contributed by atoms with Crippen LogP contribution in [0, 0.1) is 5.41 Å². The molecule has 1 unspecified atom stereocenters. The Labute approximate surface area is 100 Å². The van der Waals surface area contributed by atoms with Crippen molar-refractivity contribution in [1.29, 1.82) is 0 Å². The lowest BCUT2D eigenvalue weighted by Crippen LogP contribution is -2.21. The SMILES string of the molecule is CC(n1ccnc1SCC(=O)O)C(C)(C)C. The van der Waals surface area contributed by atoms with Crippen molar-refractivity contribution >= 4 is 17.7 Å². The van der Waals surface area contributed by atoms with Gasteiger partial charge in [0.15, 0.2) is 5.16 Å². The minimum Gasteiger partial charge on any atom is -0.481 e. The van der Waals surface area contributed by atoms with Gasteiger partial charge in [0.1, 0.15) is 0 Å². The first-order chi connectivity index (χ1) is 7.32. The highest BCUT2D eigenvalue weighted by Crippen LogP contribution is 2.32. The van der Waals surface area contributed by atoms with Crippen LogP contribution in [-0.4, -0.2) is 26.4 Å². The van der Waals surface area contributed by atoms with E-state index in [0.717, 1.165) is 5.16 Å². The van der Waals surface area contributed by atoms with Gasteiger partial charge in [-0.3, -0.25) is 4.79 Å². The Morgan fingerprint density at radius 2 is 2.25 bits per heavy atom. The van der Waals surface area contributed by atoms with E-state index in [4.69, 9.17) is 5.11 Å². The Kier molecular flexibility index (Phi) is 4.02. The lowest BCUT2D eigenvalue weighted by molar-refractivity contribution is -0.133. The van der Waals surface area contributed by atoms with Crippen LogP contribution in [-0.2, 0) is 4.79 Å². The molecular formula is C11H18N2O2S. The smallest absolute Gasteiger partial charge is 0.313 e. The third-order valence-corrected chi connectivity index (χ3v) is 3.59. The summed E-state index contributed by atoms with van der Waals surface area (Å²) in [7, 11) is 0. The number of aromatic nitrogens is 2. The quantitative estimate of drug-likeness (QED) is 0.825. The molecule has 1 aromatic rings. The van der Waals surface area contributed by atoms with Crippen LogP contribution in [0.2, 0.25) is 0 Å². The molecule has 1 heterocycles. The van der Waals surface area contributed by atoms with Crippen molar-refractivity contribution in [2.45, 2.75) is 38.9 Å². The van der Waals surface area contributed by atoms with Crippen molar-refractivity contribution in [3.63, 3.8) is 0 Å². The highest BCUT2D eigenvalue weighted by atomic mass is 32.2. The molecule has 1 atom stereocenters. The summed E-state index contributed by atoms with van der Waals surface area (Å²) in [6.07, 6.45) is 3.62. The molecule has 16 heavy (non-hydrogen) atoms. The minimum absolute atomic E-state index is 0.0495. The topological polar surface area (TPSA) is 55.1 Å². The summed E-state index contributed by atoms with van der Waals surface area (Å²) >= 11 is 1.26. The highest BCUT2D eigenvalue weighted by Gasteiger charge is 2.23. The van der Waals surface area contributed by atoms with Gasteiger partial charge in [0.25, 0.3) is 0 Å². The van der Waals surface area contributed by atoms with Gasteiger partial charge in [-0.2, -0.15) is 0 Å². The van der Waals surface area contributed by atoms with E-state index in [9.17, 15) is 4.79 Å². The maximum Gasteiger partial charge on any atom is 0.313 e. The molecule has 0 amide bonds. The van der Waals surface area contributed by atoms with Gasteiger partial charge in [-0.1, -0.05) is 32.5 Å². The summed E-state index contributed by atoms with van der Waals surface area (Å²) in [4.78, 5) is 14.7. The molecule has 1 aromatic heterocycles. The van der Waals surface area contributed by atoms with Crippen molar-refractivity contribution in [3.8, 4) is 0 Å². The summed E-state index contributed by atoms with van der Waals surface area (Å²) in [5.41, 5.74) is 0.124. The van der Waals surface area contributed by atoms with E-state index in [1.165, 1.54) is 11.8 Å². The van der Waals surface area contributed by atoms with E-state index in [0.29, 0.717) is 0 Å². The van der Waals surface area contributed by atoms with Crippen LogP contribution >= 0.6 is 11.8 Å². The van der Waals surface area contributed by atoms with E-state index in [1.807, 2.05) is 10.8 Å². The van der Waals surface area contributed by atoms with Gasteiger partial charge < -0.3 is 9.67 Å². The minimum atomic E-state index is -0.817. The van der Waals surface area contributed by atoms with Crippen LogP contribution in [0.4, 0.5) is 0 Å². The average molecular weight is 242 g/mol. The second kappa shape index (κ2) is 4.91. The fourth-order valence-electron chi connectivity index (χ4n) is 1.25. The third-order valence-electron chi connectivity index (χ3n) is 2.63. The monoisotopic (exact) mass is 242 g/mol. The number of imidazole rings is 1. The van der Waals surface area contributed by atoms with Crippen LogP contribution in [0.1, 0.15) is 33.7 Å². The molecule has 5 heteroatoms. The van der Waals surface area contributed by atoms with Gasteiger partial charge in [-0.15, -0.1) is 0 Å². The molecule has 0 aliphatic carbocycles. The highest BCUT2D eigenvalue weighted by molar-refractivity contribution is 7.99. The maximum absolute atomic E-state index is 10.5. The van der Waals surface area contributed by atoms with Gasteiger partial charge in [-0.25, -0.2) is 4.98 Å². The van der Waals surface area contributed by atoms with Crippen molar-refractivity contribution in [1.82, 2.24) is 9.55 Å². The zero-order valence-corrected chi connectivity index (χ0v) is 10.9. The molecule has 0 aliphatic rings. The largest absolute Gasteiger partial charge is 0.481 e. The molecule has 0 radical (unpaired) electrons. The van der Waals surface area contributed by atoms with Crippen LogP contribution in [0.25, 0.3) is 0 Å². The molecule has 0 aromatic carbocycles. The summed E-state index contributed by atoms with van der Waals surface area (Å²) in [6, 6.07) is 0.284. The number of nitrogens with zero attached hydrogens (tertiary/aromatic N) is 2. The molecule has 0 saturated carbocycles. The number of carbonyl (C=O) groups is 1. The normalized spacial score (nSPS) is 13.8. The number of hydrogen-bond donors (Lipinski definition) is 1. The summed E-state index contributed by atoms with van der Waals surface area (Å²) < 4.78 is 2.04. The van der Waals surface area contributed by atoms with E-state index in [1.54, 1.807) is 6.20 Å². The van der Waals surface area contributed by atoms with E-state index >= 15 is 0 Å². The van der Waals surface area contributed by atoms with E-state index in [2.05, 4.69) is 32.7 Å². The zero-order valence-electron chi connectivity index (χ0n) is 10.1. The molecule has 1 rings (SSSR count). The Hall–Kier alpha value is -0.970. The van der Waals surface area contributed by atoms with Crippen LogP contribution in [0.15, 0.2) is 17.6 Å². The second-order valence-corrected chi connectivity index (χ2v) is 5.78. The lowest BCUT2D eigenvalue weighted by atomic mass is 9.88. The third kappa shape index (κ3) is 3.27. The van der Waals surface area contributed by atoms with Crippen molar-refractivity contribution in [3.05, 3.63) is 12.4 Å². The standard InChI is InChI=1S/C11H18N2O2S/c1-8(11(2,3)4)13-6-5-12-10(13)16-7-9(14)15/h5-6,8H,7H2,1-4H3,(H,14,15). The molecule has 0 aliphatic heterocycles. The van der Waals surface area contributed by atoms with Gasteiger partial charge in [0.05, 0.1) is 5.75 Å². The summed E-state index contributed by atoms with van der Waals surface area (Å²) in [5.74, 6) is -0.767. The lowest BCUT2D eigenvalue weighted by Gasteiger charge is -2.29. The van der Waals surface area contributed by atoms with Crippen molar-refractivity contribution in [2.75, 3.05) is 5.75 Å². The zero-order chi connectivity index (χ0) is 12.3. The molecular weight excluding hydrogens is 224 g/mol. The van der Waals surface area contributed by atoms with Crippen molar-refractivity contribution in [2.24, 2.45) is 5.41 Å². The Balaban J connectivity index is 2.81. The Morgan fingerprint density at radius 3 is 2.75 bits per heavy atom. The summed E-state index contributed by atoms with van der Waals surface area (Å²) in [6.45, 7) is 8.59. The number of thioether (sulfide) groups is 1. The van der Waals surface area contributed by atoms with E-state index < -0.39 is 5.97 Å². The van der Waals surface area contributed by atoms with Crippen molar-refractivity contribution < 1.29 is 9.90 Å². The predicted octanol–water partition coefficient (Wildman–Crippen LogP) is 2.67. The fraction of sp³-hybridized carbons (Fsp3) is 0.636. The Bertz CT molecular complexity index is 368. The van der Waals surface area contributed by atoms with Gasteiger partial charge in [-0.05, 0) is 12.3 Å². The van der Waals surface area contributed by atoms with Crippen LogP contribution < -0.4 is 0 Å². The molecule has 90 valence electrons. The molecule has 0 bridgehead atoms.